The molecule has 11 heavy (non-hydrogen) atoms. The second kappa shape index (κ2) is 3.46. The Kier molecular flexibility index (Phi) is 3.17. The number of carbonyl (C=O) groups is 1. The highest BCUT2D eigenvalue weighted by molar-refractivity contribution is 5.75. The minimum atomic E-state index is -0.967. The van der Waals surface area contributed by atoms with Crippen molar-refractivity contribution in [3.8, 4) is 0 Å². The Labute approximate surface area is 65.7 Å². The lowest BCUT2D eigenvalue weighted by atomic mass is 9.98. The number of rotatable bonds is 4. The predicted molar refractivity (Wildman–Crippen MR) is 41.0 cm³/mol. The van der Waals surface area contributed by atoms with Crippen LogP contribution in [0.4, 0.5) is 0 Å². The van der Waals surface area contributed by atoms with Crippen LogP contribution in [0.3, 0.4) is 0 Å². The van der Waals surface area contributed by atoms with Gasteiger partial charge in [-0.2, -0.15) is 0 Å². The molecule has 0 aliphatic carbocycles. The number of nitrogens with zero attached hydrogens (tertiary/aromatic N) is 1. The number of ketones is 1. The third-order valence-corrected chi connectivity index (χ3v) is 1.58. The molecule has 0 radical (unpaired) electrons. The van der Waals surface area contributed by atoms with Crippen LogP contribution in [0.5, 0.6) is 0 Å². The van der Waals surface area contributed by atoms with Gasteiger partial charge in [-0.3, -0.25) is 10.1 Å². The van der Waals surface area contributed by atoms with Crippen LogP contribution in [0.2, 0.25) is 0 Å². The molecule has 0 bridgehead atoms. The summed E-state index contributed by atoms with van der Waals surface area (Å²) in [6.07, 6.45) is 0.601. The molecule has 0 rings (SSSR count). The minimum absolute atomic E-state index is 0.0000694. The zero-order valence-corrected chi connectivity index (χ0v) is 7.09. The maximum absolute atomic E-state index is 10.5. The number of carbonyl (C=O) groups excluding carboxylic acids is 1. The highest BCUT2D eigenvalue weighted by atomic mass is 16.6. The SMILES string of the molecule is CC(=O)CCC(C)(C)[N+](=O)[O-]. The summed E-state index contributed by atoms with van der Waals surface area (Å²) in [4.78, 5) is 20.5. The number of hydrogen-bond donors (Lipinski definition) is 0. The maximum Gasteiger partial charge on any atom is 0.217 e. The largest absolute Gasteiger partial charge is 0.300 e. The van der Waals surface area contributed by atoms with Gasteiger partial charge in [-0.05, 0) is 6.92 Å². The maximum atomic E-state index is 10.5. The van der Waals surface area contributed by atoms with Crippen LogP contribution in [0.15, 0.2) is 0 Å². The van der Waals surface area contributed by atoms with Crippen molar-refractivity contribution >= 4 is 5.78 Å². The fourth-order valence-electron chi connectivity index (χ4n) is 0.573. The molecule has 0 unspecified atom stereocenters. The molecule has 0 spiro atoms. The molecule has 4 heteroatoms. The second-order valence-electron chi connectivity index (χ2n) is 3.27. The van der Waals surface area contributed by atoms with Crippen LogP contribution in [-0.4, -0.2) is 16.2 Å². The number of Topliss-reactive ketones (excluding diaryl/α,β-unsaturated/α-hetero) is 1. The van der Waals surface area contributed by atoms with E-state index in [0.717, 1.165) is 0 Å². The van der Waals surface area contributed by atoms with Crippen molar-refractivity contribution in [2.45, 2.75) is 39.2 Å². The summed E-state index contributed by atoms with van der Waals surface area (Å²) < 4.78 is 0. The zero-order chi connectivity index (χ0) is 9.07. The molecule has 0 aliphatic heterocycles. The molecule has 64 valence electrons. The topological polar surface area (TPSA) is 60.2 Å². The van der Waals surface area contributed by atoms with E-state index in [0.29, 0.717) is 6.42 Å². The molecule has 0 saturated heterocycles. The highest BCUT2D eigenvalue weighted by Crippen LogP contribution is 2.15. The van der Waals surface area contributed by atoms with E-state index >= 15 is 0 Å². The molecule has 0 N–H and O–H groups in total. The van der Waals surface area contributed by atoms with E-state index in [1.807, 2.05) is 0 Å². The van der Waals surface area contributed by atoms with E-state index in [1.165, 1.54) is 20.8 Å². The lowest BCUT2D eigenvalue weighted by molar-refractivity contribution is -0.561. The second-order valence-corrected chi connectivity index (χ2v) is 3.27. The molecule has 0 aromatic rings. The van der Waals surface area contributed by atoms with Gasteiger partial charge in [-0.15, -0.1) is 0 Å². The van der Waals surface area contributed by atoms with Gasteiger partial charge >= 0.3 is 0 Å². The molecule has 0 aromatic carbocycles. The first-order valence-electron chi connectivity index (χ1n) is 3.50. The Bertz CT molecular complexity index is 175. The molecule has 0 amide bonds. The van der Waals surface area contributed by atoms with Crippen LogP contribution in [0.25, 0.3) is 0 Å². The number of nitro groups is 1. The van der Waals surface area contributed by atoms with Crippen LogP contribution < -0.4 is 0 Å². The Morgan fingerprint density at radius 1 is 1.55 bits per heavy atom. The van der Waals surface area contributed by atoms with E-state index < -0.39 is 5.54 Å². The summed E-state index contributed by atoms with van der Waals surface area (Å²) in [5, 5.41) is 10.3. The summed E-state index contributed by atoms with van der Waals surface area (Å²) in [5.74, 6) is -0.0000694. The van der Waals surface area contributed by atoms with Gasteiger partial charge in [0.25, 0.3) is 0 Å². The fourth-order valence-corrected chi connectivity index (χ4v) is 0.573. The molecule has 0 fully saturated rings. The Hall–Kier alpha value is -0.930. The first-order valence-corrected chi connectivity index (χ1v) is 3.50. The summed E-state index contributed by atoms with van der Waals surface area (Å²) in [5.41, 5.74) is -0.967. The Morgan fingerprint density at radius 3 is 2.27 bits per heavy atom. The predicted octanol–water partition coefficient (Wildman–Crippen LogP) is 1.41. The van der Waals surface area contributed by atoms with Crippen molar-refractivity contribution in [3.63, 3.8) is 0 Å². The molecular formula is C7H13NO3. The summed E-state index contributed by atoms with van der Waals surface area (Å²) in [6, 6.07) is 0. The third-order valence-electron chi connectivity index (χ3n) is 1.58. The lowest BCUT2D eigenvalue weighted by Gasteiger charge is -2.13. The molecule has 4 nitrogen and oxygen atoms in total. The average molecular weight is 159 g/mol. The molecule has 0 heterocycles. The van der Waals surface area contributed by atoms with Crippen LogP contribution in [0, 0.1) is 10.1 Å². The normalized spacial score (nSPS) is 11.2. The minimum Gasteiger partial charge on any atom is -0.300 e. The third kappa shape index (κ3) is 3.70. The van der Waals surface area contributed by atoms with Crippen molar-refractivity contribution < 1.29 is 9.72 Å². The quantitative estimate of drug-likeness (QED) is 0.460. The van der Waals surface area contributed by atoms with Gasteiger partial charge in [0, 0.05) is 31.6 Å². The fraction of sp³-hybridized carbons (Fsp3) is 0.857. The summed E-state index contributed by atoms with van der Waals surface area (Å²) >= 11 is 0. The van der Waals surface area contributed by atoms with Gasteiger partial charge in [0.15, 0.2) is 0 Å². The van der Waals surface area contributed by atoms with E-state index in [2.05, 4.69) is 0 Å². The van der Waals surface area contributed by atoms with Gasteiger partial charge in [0.2, 0.25) is 5.54 Å². The van der Waals surface area contributed by atoms with Gasteiger partial charge < -0.3 is 4.79 Å². The van der Waals surface area contributed by atoms with Gasteiger partial charge in [-0.1, -0.05) is 0 Å². The van der Waals surface area contributed by atoms with E-state index in [9.17, 15) is 14.9 Å². The summed E-state index contributed by atoms with van der Waals surface area (Å²) in [7, 11) is 0. The molecule has 0 aliphatic rings. The van der Waals surface area contributed by atoms with Crippen molar-refractivity contribution in [2.75, 3.05) is 0 Å². The van der Waals surface area contributed by atoms with Crippen LogP contribution >= 0.6 is 0 Å². The van der Waals surface area contributed by atoms with Crippen molar-refractivity contribution in [1.82, 2.24) is 0 Å². The molecule has 0 atom stereocenters. The average Bonchev–Trinajstić information content (AvgIpc) is 1.84. The molecular weight excluding hydrogens is 146 g/mol. The monoisotopic (exact) mass is 159 g/mol. The van der Waals surface area contributed by atoms with E-state index in [-0.39, 0.29) is 17.1 Å². The smallest absolute Gasteiger partial charge is 0.217 e. The van der Waals surface area contributed by atoms with Crippen molar-refractivity contribution in [1.29, 1.82) is 0 Å². The Balaban J connectivity index is 3.92. The number of hydrogen-bond acceptors (Lipinski definition) is 3. The van der Waals surface area contributed by atoms with Gasteiger partial charge in [-0.25, -0.2) is 0 Å². The van der Waals surface area contributed by atoms with Crippen LogP contribution in [0.1, 0.15) is 33.6 Å². The van der Waals surface area contributed by atoms with Gasteiger partial charge in [0.05, 0.1) is 0 Å². The Morgan fingerprint density at radius 2 is 2.00 bits per heavy atom. The van der Waals surface area contributed by atoms with Crippen LogP contribution in [-0.2, 0) is 4.79 Å². The van der Waals surface area contributed by atoms with E-state index in [1.54, 1.807) is 0 Å². The van der Waals surface area contributed by atoms with E-state index in [4.69, 9.17) is 0 Å². The lowest BCUT2D eigenvalue weighted by Crippen LogP contribution is -2.31. The standard InChI is InChI=1S/C7H13NO3/c1-6(9)4-5-7(2,3)8(10)11/h4-5H2,1-3H3. The molecule has 0 aromatic heterocycles. The molecule has 0 saturated carbocycles. The highest BCUT2D eigenvalue weighted by Gasteiger charge is 2.30. The first kappa shape index (κ1) is 10.1. The van der Waals surface area contributed by atoms with Gasteiger partial charge in [0.1, 0.15) is 5.78 Å². The van der Waals surface area contributed by atoms with Crippen molar-refractivity contribution in [3.05, 3.63) is 10.1 Å². The zero-order valence-electron chi connectivity index (χ0n) is 7.09. The first-order chi connectivity index (χ1) is 4.86. The summed E-state index contributed by atoms with van der Waals surface area (Å²) in [6.45, 7) is 4.49. The van der Waals surface area contributed by atoms with Crippen molar-refractivity contribution in [2.24, 2.45) is 0 Å².